The van der Waals surface area contributed by atoms with E-state index in [2.05, 4.69) is 31.2 Å². The largest absolute Gasteiger partial charge is 0.497 e. The highest BCUT2D eigenvalue weighted by Crippen LogP contribution is 2.29. The van der Waals surface area contributed by atoms with Crippen molar-refractivity contribution in [2.24, 2.45) is 5.73 Å². The molecule has 2 aromatic carbocycles. The summed E-state index contributed by atoms with van der Waals surface area (Å²) in [5.41, 5.74) is 8.42. The van der Waals surface area contributed by atoms with Gasteiger partial charge in [-0.25, -0.2) is 0 Å². The van der Waals surface area contributed by atoms with Gasteiger partial charge in [0.1, 0.15) is 11.5 Å². The van der Waals surface area contributed by atoms with E-state index >= 15 is 0 Å². The first kappa shape index (κ1) is 15.7. The highest BCUT2D eigenvalue weighted by molar-refractivity contribution is 7.99. The van der Waals surface area contributed by atoms with Gasteiger partial charge in [-0.3, -0.25) is 0 Å². The van der Waals surface area contributed by atoms with Gasteiger partial charge >= 0.3 is 0 Å². The summed E-state index contributed by atoms with van der Waals surface area (Å²) in [5.74, 6) is 2.56. The fourth-order valence-electron chi connectivity index (χ4n) is 2.14. The van der Waals surface area contributed by atoms with Crippen LogP contribution in [0.15, 0.2) is 47.4 Å². The van der Waals surface area contributed by atoms with Crippen LogP contribution >= 0.6 is 11.8 Å². The summed E-state index contributed by atoms with van der Waals surface area (Å²) < 4.78 is 10.6. The van der Waals surface area contributed by atoms with Crippen molar-refractivity contribution in [3.63, 3.8) is 0 Å². The van der Waals surface area contributed by atoms with Crippen molar-refractivity contribution >= 4 is 11.8 Å². The average molecular weight is 303 g/mol. The van der Waals surface area contributed by atoms with Crippen LogP contribution in [0.25, 0.3) is 0 Å². The molecule has 0 amide bonds. The molecule has 0 spiro atoms. The maximum Gasteiger partial charge on any atom is 0.122 e. The van der Waals surface area contributed by atoms with E-state index in [1.54, 1.807) is 14.2 Å². The molecule has 0 radical (unpaired) electrons. The third kappa shape index (κ3) is 3.93. The van der Waals surface area contributed by atoms with E-state index in [0.29, 0.717) is 0 Å². The Morgan fingerprint density at radius 2 is 1.52 bits per heavy atom. The third-order valence-electron chi connectivity index (χ3n) is 3.28. The Labute approximate surface area is 130 Å². The number of hydrogen-bond acceptors (Lipinski definition) is 4. The van der Waals surface area contributed by atoms with E-state index < -0.39 is 0 Å². The first-order valence-corrected chi connectivity index (χ1v) is 7.87. The molecule has 0 aliphatic heterocycles. The van der Waals surface area contributed by atoms with Crippen molar-refractivity contribution in [2.75, 3.05) is 20.0 Å². The van der Waals surface area contributed by atoms with Gasteiger partial charge in [0.25, 0.3) is 0 Å². The normalized spacial score (nSPS) is 12.0. The van der Waals surface area contributed by atoms with Gasteiger partial charge in [-0.05, 0) is 41.1 Å². The van der Waals surface area contributed by atoms with Gasteiger partial charge in [-0.1, -0.05) is 19.1 Å². The maximum atomic E-state index is 6.37. The predicted octanol–water partition coefficient (Wildman–Crippen LogP) is 3.86. The van der Waals surface area contributed by atoms with Crippen LogP contribution in [0.3, 0.4) is 0 Å². The van der Waals surface area contributed by atoms with Crippen molar-refractivity contribution < 1.29 is 9.47 Å². The van der Waals surface area contributed by atoms with Crippen LogP contribution in [0.5, 0.6) is 11.5 Å². The SMILES string of the molecule is CCSc1ccc(C(N)c2cc(OC)cc(OC)c2)cc1. The number of nitrogens with two attached hydrogens (primary N) is 1. The molecule has 2 rings (SSSR count). The predicted molar refractivity (Wildman–Crippen MR) is 88.4 cm³/mol. The lowest BCUT2D eigenvalue weighted by Crippen LogP contribution is -2.12. The Hall–Kier alpha value is -1.65. The summed E-state index contributed by atoms with van der Waals surface area (Å²) in [5, 5.41) is 0. The fraction of sp³-hybridized carbons (Fsp3) is 0.294. The van der Waals surface area contributed by atoms with Gasteiger partial charge in [-0.2, -0.15) is 0 Å². The molecule has 2 aromatic rings. The van der Waals surface area contributed by atoms with E-state index in [-0.39, 0.29) is 6.04 Å². The summed E-state index contributed by atoms with van der Waals surface area (Å²) in [6.45, 7) is 2.15. The molecule has 3 nitrogen and oxygen atoms in total. The molecule has 0 fully saturated rings. The Kier molecular flexibility index (Phi) is 5.53. The summed E-state index contributed by atoms with van der Waals surface area (Å²) >= 11 is 1.82. The highest BCUT2D eigenvalue weighted by atomic mass is 32.2. The lowest BCUT2D eigenvalue weighted by Gasteiger charge is -2.15. The zero-order valence-corrected chi connectivity index (χ0v) is 13.4. The summed E-state index contributed by atoms with van der Waals surface area (Å²) in [7, 11) is 3.28. The topological polar surface area (TPSA) is 44.5 Å². The van der Waals surface area contributed by atoms with Crippen molar-refractivity contribution in [3.05, 3.63) is 53.6 Å². The van der Waals surface area contributed by atoms with Crippen LogP contribution in [0.2, 0.25) is 0 Å². The summed E-state index contributed by atoms with van der Waals surface area (Å²) in [4.78, 5) is 1.26. The number of rotatable bonds is 6. The van der Waals surface area contributed by atoms with Crippen molar-refractivity contribution in [2.45, 2.75) is 17.9 Å². The fourth-order valence-corrected chi connectivity index (χ4v) is 2.80. The van der Waals surface area contributed by atoms with Gasteiger partial charge in [0.15, 0.2) is 0 Å². The van der Waals surface area contributed by atoms with E-state index in [1.807, 2.05) is 30.0 Å². The van der Waals surface area contributed by atoms with Crippen LogP contribution in [0, 0.1) is 0 Å². The summed E-state index contributed by atoms with van der Waals surface area (Å²) in [6, 6.07) is 13.9. The van der Waals surface area contributed by atoms with Gasteiger partial charge in [0, 0.05) is 11.0 Å². The number of hydrogen-bond donors (Lipinski definition) is 1. The quantitative estimate of drug-likeness (QED) is 0.823. The molecule has 0 aliphatic rings. The number of ether oxygens (including phenoxy) is 2. The first-order chi connectivity index (χ1) is 10.2. The first-order valence-electron chi connectivity index (χ1n) is 6.89. The second-order valence-corrected chi connectivity index (χ2v) is 5.96. The molecule has 0 saturated carbocycles. The number of benzene rings is 2. The lowest BCUT2D eigenvalue weighted by molar-refractivity contribution is 0.393. The van der Waals surface area contributed by atoms with Crippen molar-refractivity contribution in [1.29, 1.82) is 0 Å². The monoisotopic (exact) mass is 303 g/mol. The lowest BCUT2D eigenvalue weighted by atomic mass is 9.99. The van der Waals surface area contributed by atoms with Gasteiger partial charge < -0.3 is 15.2 Å². The number of thioether (sulfide) groups is 1. The second-order valence-electron chi connectivity index (χ2n) is 4.63. The molecule has 0 aromatic heterocycles. The molecule has 0 aliphatic carbocycles. The van der Waals surface area contributed by atoms with Gasteiger partial charge in [0.05, 0.1) is 20.3 Å². The van der Waals surface area contributed by atoms with Crippen LogP contribution in [0.4, 0.5) is 0 Å². The van der Waals surface area contributed by atoms with E-state index in [0.717, 1.165) is 28.4 Å². The smallest absolute Gasteiger partial charge is 0.122 e. The van der Waals surface area contributed by atoms with Crippen molar-refractivity contribution in [3.8, 4) is 11.5 Å². The van der Waals surface area contributed by atoms with E-state index in [9.17, 15) is 0 Å². The molecule has 1 unspecified atom stereocenters. The molecule has 112 valence electrons. The van der Waals surface area contributed by atoms with Crippen molar-refractivity contribution in [1.82, 2.24) is 0 Å². The van der Waals surface area contributed by atoms with Gasteiger partial charge in [0.2, 0.25) is 0 Å². The zero-order valence-electron chi connectivity index (χ0n) is 12.6. The van der Waals surface area contributed by atoms with Crippen LogP contribution in [-0.4, -0.2) is 20.0 Å². The van der Waals surface area contributed by atoms with E-state index in [1.165, 1.54) is 4.90 Å². The van der Waals surface area contributed by atoms with E-state index in [4.69, 9.17) is 15.2 Å². The zero-order chi connectivity index (χ0) is 15.2. The molecule has 2 N–H and O–H groups in total. The highest BCUT2D eigenvalue weighted by Gasteiger charge is 2.12. The molecular weight excluding hydrogens is 282 g/mol. The molecule has 0 heterocycles. The number of methoxy groups -OCH3 is 2. The minimum absolute atomic E-state index is 0.199. The second kappa shape index (κ2) is 7.38. The molecular formula is C17H21NO2S. The molecule has 0 saturated heterocycles. The minimum Gasteiger partial charge on any atom is -0.497 e. The van der Waals surface area contributed by atoms with Crippen LogP contribution in [0.1, 0.15) is 24.1 Å². The van der Waals surface area contributed by atoms with Gasteiger partial charge in [-0.15, -0.1) is 11.8 Å². The Morgan fingerprint density at radius 1 is 0.952 bits per heavy atom. The average Bonchev–Trinajstić information content (AvgIpc) is 2.54. The maximum absolute atomic E-state index is 6.37. The Balaban J connectivity index is 2.28. The standard InChI is InChI=1S/C17H21NO2S/c1-4-21-16-7-5-12(6-8-16)17(18)13-9-14(19-2)11-15(10-13)20-3/h5-11,17H,4,18H2,1-3H3. The molecule has 1 atom stereocenters. The Bertz CT molecular complexity index is 562. The van der Waals surface area contributed by atoms with Crippen LogP contribution < -0.4 is 15.2 Å². The van der Waals surface area contributed by atoms with Crippen LogP contribution in [-0.2, 0) is 0 Å². The Morgan fingerprint density at radius 3 is 2.00 bits per heavy atom. The molecule has 21 heavy (non-hydrogen) atoms. The summed E-state index contributed by atoms with van der Waals surface area (Å²) in [6.07, 6.45) is 0. The third-order valence-corrected chi connectivity index (χ3v) is 4.18. The molecule has 0 bridgehead atoms. The minimum atomic E-state index is -0.199. The molecule has 4 heteroatoms.